The summed E-state index contributed by atoms with van der Waals surface area (Å²) in [4.78, 5) is 12.7. The lowest BCUT2D eigenvalue weighted by Gasteiger charge is -2.18. The number of amides is 1. The highest BCUT2D eigenvalue weighted by molar-refractivity contribution is 7.92. The number of rotatable bonds is 8. The Kier molecular flexibility index (Phi) is 7.43. The minimum absolute atomic E-state index is 0.0314. The highest BCUT2D eigenvalue weighted by Crippen LogP contribution is 2.26. The summed E-state index contributed by atoms with van der Waals surface area (Å²) in [6.45, 7) is 3.82. The minimum Gasteiger partial charge on any atom is -0.497 e. The molecule has 0 spiro atoms. The Morgan fingerprint density at radius 3 is 2.41 bits per heavy atom. The maximum atomic E-state index is 12.9. The molecule has 1 atom stereocenters. The average Bonchev–Trinajstić information content (AvgIpc) is 2.77. The molecule has 2 N–H and O–H groups in total. The van der Waals surface area contributed by atoms with Crippen molar-refractivity contribution in [2.75, 3.05) is 11.8 Å². The van der Waals surface area contributed by atoms with Crippen LogP contribution >= 0.6 is 11.6 Å². The van der Waals surface area contributed by atoms with Crippen molar-refractivity contribution in [3.8, 4) is 5.75 Å². The predicted molar refractivity (Wildman–Crippen MR) is 127 cm³/mol. The SMILES string of the molecule is CC[C@H](NC(=O)c1ccc(Cl)c(S(=O)(=O)Nc2cccc(C)c2)c1)c1ccc(OC)cc1. The Morgan fingerprint density at radius 2 is 1.78 bits per heavy atom. The summed E-state index contributed by atoms with van der Waals surface area (Å²) in [5.41, 5.74) is 2.45. The van der Waals surface area contributed by atoms with Gasteiger partial charge in [0.1, 0.15) is 10.6 Å². The van der Waals surface area contributed by atoms with Crippen molar-refractivity contribution in [3.63, 3.8) is 0 Å². The smallest absolute Gasteiger partial charge is 0.263 e. The van der Waals surface area contributed by atoms with Gasteiger partial charge in [0.15, 0.2) is 0 Å². The lowest BCUT2D eigenvalue weighted by Crippen LogP contribution is -2.28. The quantitative estimate of drug-likeness (QED) is 0.463. The second-order valence-corrected chi connectivity index (χ2v) is 9.39. The first-order chi connectivity index (χ1) is 15.2. The van der Waals surface area contributed by atoms with E-state index in [0.29, 0.717) is 12.1 Å². The number of hydrogen-bond donors (Lipinski definition) is 2. The normalized spacial score (nSPS) is 12.1. The molecule has 1 amide bonds. The fourth-order valence-corrected chi connectivity index (χ4v) is 4.84. The highest BCUT2D eigenvalue weighted by Gasteiger charge is 2.22. The first-order valence-electron chi connectivity index (χ1n) is 10.1. The van der Waals surface area contributed by atoms with Crippen LogP contribution in [0.4, 0.5) is 5.69 Å². The molecular formula is C24H25ClN2O4S. The van der Waals surface area contributed by atoms with Crippen LogP contribution in [0.1, 0.15) is 40.9 Å². The molecule has 0 aliphatic heterocycles. The van der Waals surface area contributed by atoms with Gasteiger partial charge in [0, 0.05) is 11.3 Å². The molecule has 3 aromatic rings. The second-order valence-electron chi connectivity index (χ2n) is 7.33. The molecular weight excluding hydrogens is 448 g/mol. The van der Waals surface area contributed by atoms with E-state index in [4.69, 9.17) is 16.3 Å². The Morgan fingerprint density at radius 1 is 1.06 bits per heavy atom. The van der Waals surface area contributed by atoms with Crippen molar-refractivity contribution in [1.82, 2.24) is 5.32 Å². The Bertz CT molecular complexity index is 1210. The molecule has 0 aliphatic carbocycles. The van der Waals surface area contributed by atoms with Crippen molar-refractivity contribution < 1.29 is 17.9 Å². The molecule has 0 bridgehead atoms. The van der Waals surface area contributed by atoms with Crippen LogP contribution < -0.4 is 14.8 Å². The number of aryl methyl sites for hydroxylation is 1. The lowest BCUT2D eigenvalue weighted by atomic mass is 10.0. The van der Waals surface area contributed by atoms with Crippen LogP contribution in [-0.2, 0) is 10.0 Å². The van der Waals surface area contributed by atoms with Gasteiger partial charge in [0.05, 0.1) is 18.2 Å². The van der Waals surface area contributed by atoms with E-state index < -0.39 is 15.9 Å². The van der Waals surface area contributed by atoms with E-state index in [1.54, 1.807) is 25.3 Å². The van der Waals surface area contributed by atoms with E-state index in [2.05, 4.69) is 10.0 Å². The zero-order valence-electron chi connectivity index (χ0n) is 18.1. The maximum absolute atomic E-state index is 12.9. The number of nitrogens with one attached hydrogen (secondary N) is 2. The number of ether oxygens (including phenoxy) is 1. The monoisotopic (exact) mass is 472 g/mol. The second kappa shape index (κ2) is 10.1. The van der Waals surface area contributed by atoms with Crippen molar-refractivity contribution in [2.45, 2.75) is 31.2 Å². The molecule has 3 aromatic carbocycles. The van der Waals surface area contributed by atoms with Gasteiger partial charge in [-0.2, -0.15) is 0 Å². The van der Waals surface area contributed by atoms with Crippen LogP contribution in [-0.4, -0.2) is 21.4 Å². The molecule has 6 nitrogen and oxygen atoms in total. The van der Waals surface area contributed by atoms with E-state index in [9.17, 15) is 13.2 Å². The summed E-state index contributed by atoms with van der Waals surface area (Å²) < 4.78 is 33.6. The molecule has 0 aromatic heterocycles. The van der Waals surface area contributed by atoms with Crippen LogP contribution in [0, 0.1) is 6.92 Å². The minimum atomic E-state index is -3.99. The number of carbonyl (C=O) groups excluding carboxylic acids is 1. The summed E-state index contributed by atoms with van der Waals surface area (Å²) in [6.07, 6.45) is 0.658. The number of anilines is 1. The van der Waals surface area contributed by atoms with E-state index in [-0.39, 0.29) is 21.5 Å². The van der Waals surface area contributed by atoms with Crippen molar-refractivity contribution in [1.29, 1.82) is 0 Å². The van der Waals surface area contributed by atoms with Crippen LogP contribution in [0.5, 0.6) is 5.75 Å². The van der Waals surface area contributed by atoms with Gasteiger partial charge in [-0.05, 0) is 66.9 Å². The third kappa shape index (κ3) is 5.60. The van der Waals surface area contributed by atoms with Gasteiger partial charge in [0.2, 0.25) is 0 Å². The molecule has 3 rings (SSSR count). The van der Waals surface area contributed by atoms with Crippen LogP contribution in [0.25, 0.3) is 0 Å². The number of sulfonamides is 1. The summed E-state index contributed by atoms with van der Waals surface area (Å²) >= 11 is 6.18. The molecule has 0 heterocycles. The topological polar surface area (TPSA) is 84.5 Å². The van der Waals surface area contributed by atoms with Crippen molar-refractivity contribution >= 4 is 33.2 Å². The van der Waals surface area contributed by atoms with Crippen LogP contribution in [0.2, 0.25) is 5.02 Å². The molecule has 0 saturated heterocycles. The molecule has 32 heavy (non-hydrogen) atoms. The average molecular weight is 473 g/mol. The highest BCUT2D eigenvalue weighted by atomic mass is 35.5. The zero-order valence-corrected chi connectivity index (χ0v) is 19.6. The lowest BCUT2D eigenvalue weighted by molar-refractivity contribution is 0.0935. The fraction of sp³-hybridized carbons (Fsp3) is 0.208. The van der Waals surface area contributed by atoms with E-state index in [0.717, 1.165) is 16.9 Å². The summed E-state index contributed by atoms with van der Waals surface area (Å²) in [6, 6.07) is 18.4. The van der Waals surface area contributed by atoms with E-state index in [1.165, 1.54) is 18.2 Å². The molecule has 0 aliphatic rings. The standard InChI is InChI=1S/C24H25ClN2O4S/c1-4-22(17-8-11-20(31-3)12-9-17)26-24(28)18-10-13-21(25)23(15-18)32(29,30)27-19-7-5-6-16(2)14-19/h5-15,22,27H,4H2,1-3H3,(H,26,28)/t22-/m0/s1. The Labute approximate surface area is 193 Å². The molecule has 0 fully saturated rings. The fourth-order valence-electron chi connectivity index (χ4n) is 3.27. The zero-order chi connectivity index (χ0) is 23.3. The third-order valence-corrected chi connectivity index (χ3v) is 6.85. The van der Waals surface area contributed by atoms with Gasteiger partial charge in [-0.1, -0.05) is 42.8 Å². The number of carbonyl (C=O) groups is 1. The first-order valence-corrected chi connectivity index (χ1v) is 11.9. The van der Waals surface area contributed by atoms with Crippen molar-refractivity contribution in [2.24, 2.45) is 0 Å². The van der Waals surface area contributed by atoms with E-state index in [1.807, 2.05) is 44.2 Å². The van der Waals surface area contributed by atoms with Gasteiger partial charge in [-0.25, -0.2) is 8.42 Å². The Hall–Kier alpha value is -3.03. The molecule has 8 heteroatoms. The molecule has 0 saturated carbocycles. The first kappa shape index (κ1) is 23.6. The number of methoxy groups -OCH3 is 1. The summed E-state index contributed by atoms with van der Waals surface area (Å²) in [5.74, 6) is 0.333. The van der Waals surface area contributed by atoms with Gasteiger partial charge in [0.25, 0.3) is 15.9 Å². The van der Waals surface area contributed by atoms with Gasteiger partial charge < -0.3 is 10.1 Å². The van der Waals surface area contributed by atoms with Crippen LogP contribution in [0.15, 0.2) is 71.6 Å². The van der Waals surface area contributed by atoms with Crippen molar-refractivity contribution in [3.05, 3.63) is 88.4 Å². The predicted octanol–water partition coefficient (Wildman–Crippen LogP) is 5.34. The maximum Gasteiger partial charge on any atom is 0.263 e. The molecule has 0 radical (unpaired) electrons. The van der Waals surface area contributed by atoms with Gasteiger partial charge in [-0.3, -0.25) is 9.52 Å². The number of hydrogen-bond acceptors (Lipinski definition) is 4. The van der Waals surface area contributed by atoms with Gasteiger partial charge in [-0.15, -0.1) is 0 Å². The largest absolute Gasteiger partial charge is 0.497 e. The summed E-state index contributed by atoms with van der Waals surface area (Å²) in [7, 11) is -2.40. The molecule has 168 valence electrons. The number of benzene rings is 3. The van der Waals surface area contributed by atoms with Crippen LogP contribution in [0.3, 0.4) is 0 Å². The summed E-state index contributed by atoms with van der Waals surface area (Å²) in [5, 5.41) is 2.99. The van der Waals surface area contributed by atoms with Gasteiger partial charge >= 0.3 is 0 Å². The molecule has 0 unspecified atom stereocenters. The van der Waals surface area contributed by atoms with E-state index >= 15 is 0 Å². The third-order valence-electron chi connectivity index (χ3n) is 4.98. The Balaban J connectivity index is 1.84. The number of halogens is 1.